The zero-order valence-corrected chi connectivity index (χ0v) is 19.1. The number of hydrogen-bond acceptors (Lipinski definition) is 4. The Labute approximate surface area is 186 Å². The van der Waals surface area contributed by atoms with Gasteiger partial charge in [-0.25, -0.2) is 0 Å². The van der Waals surface area contributed by atoms with Crippen molar-refractivity contribution >= 4 is 5.91 Å². The molecule has 0 atom stereocenters. The van der Waals surface area contributed by atoms with Crippen LogP contribution < -0.4 is 14.2 Å². The Hall–Kier alpha value is -2.69. The smallest absolute Gasteiger partial charge is 0.222 e. The molecule has 0 N–H and O–H groups in total. The van der Waals surface area contributed by atoms with E-state index in [2.05, 4.69) is 0 Å². The summed E-state index contributed by atoms with van der Waals surface area (Å²) in [6, 6.07) is 13.9. The van der Waals surface area contributed by atoms with Crippen molar-refractivity contribution in [1.29, 1.82) is 0 Å². The van der Waals surface area contributed by atoms with E-state index in [-0.39, 0.29) is 5.91 Å². The fraction of sp³-hybridized carbons (Fsp3) is 0.500. The molecule has 0 unspecified atom stereocenters. The minimum atomic E-state index is 0.221. The highest BCUT2D eigenvalue weighted by Crippen LogP contribution is 2.30. The maximum atomic E-state index is 13.2. The van der Waals surface area contributed by atoms with Crippen molar-refractivity contribution in [3.8, 4) is 17.2 Å². The third-order valence-electron chi connectivity index (χ3n) is 6.27. The van der Waals surface area contributed by atoms with Gasteiger partial charge in [0, 0.05) is 25.1 Å². The monoisotopic (exact) mass is 425 g/mol. The third kappa shape index (κ3) is 6.39. The highest BCUT2D eigenvalue weighted by Gasteiger charge is 2.20. The lowest BCUT2D eigenvalue weighted by Crippen LogP contribution is -2.32. The number of methoxy groups -OCH3 is 3. The van der Waals surface area contributed by atoms with Gasteiger partial charge in [-0.1, -0.05) is 49.9 Å². The fourth-order valence-electron chi connectivity index (χ4n) is 4.42. The zero-order valence-electron chi connectivity index (χ0n) is 19.1. The Morgan fingerprint density at radius 1 is 0.935 bits per heavy atom. The molecule has 31 heavy (non-hydrogen) atoms. The molecule has 2 aromatic rings. The quantitative estimate of drug-likeness (QED) is 0.493. The zero-order chi connectivity index (χ0) is 22.1. The molecule has 0 saturated heterocycles. The fourth-order valence-corrected chi connectivity index (χ4v) is 4.42. The number of amides is 1. The largest absolute Gasteiger partial charge is 0.496 e. The second-order valence-corrected chi connectivity index (χ2v) is 8.26. The SMILES string of the molecule is COc1ccccc1CN(CCc1ccc(OC)c(OC)c1)C(=O)CCC1CCCC1. The molecule has 0 heterocycles. The van der Waals surface area contributed by atoms with Crippen molar-refractivity contribution in [2.24, 2.45) is 5.92 Å². The van der Waals surface area contributed by atoms with Gasteiger partial charge in [-0.3, -0.25) is 4.79 Å². The van der Waals surface area contributed by atoms with Gasteiger partial charge < -0.3 is 19.1 Å². The number of para-hydroxylation sites is 1. The van der Waals surface area contributed by atoms with Crippen molar-refractivity contribution in [1.82, 2.24) is 4.90 Å². The Morgan fingerprint density at radius 2 is 1.65 bits per heavy atom. The average molecular weight is 426 g/mol. The normalized spacial score (nSPS) is 13.8. The van der Waals surface area contributed by atoms with Gasteiger partial charge in [-0.2, -0.15) is 0 Å². The molecule has 3 rings (SSSR count). The number of benzene rings is 2. The topological polar surface area (TPSA) is 48.0 Å². The lowest BCUT2D eigenvalue weighted by molar-refractivity contribution is -0.132. The van der Waals surface area contributed by atoms with E-state index in [1.807, 2.05) is 47.4 Å². The maximum absolute atomic E-state index is 13.2. The van der Waals surface area contributed by atoms with Crippen LogP contribution in [0.5, 0.6) is 17.2 Å². The van der Waals surface area contributed by atoms with Gasteiger partial charge in [-0.15, -0.1) is 0 Å². The number of carbonyl (C=O) groups is 1. The van der Waals surface area contributed by atoms with Gasteiger partial charge in [0.15, 0.2) is 11.5 Å². The summed E-state index contributed by atoms with van der Waals surface area (Å²) in [4.78, 5) is 15.2. The van der Waals surface area contributed by atoms with E-state index >= 15 is 0 Å². The van der Waals surface area contributed by atoms with Crippen LogP contribution >= 0.6 is 0 Å². The van der Waals surface area contributed by atoms with E-state index in [1.54, 1.807) is 21.3 Å². The van der Waals surface area contributed by atoms with Crippen molar-refractivity contribution in [2.45, 2.75) is 51.5 Å². The van der Waals surface area contributed by atoms with Gasteiger partial charge in [0.25, 0.3) is 0 Å². The summed E-state index contributed by atoms with van der Waals surface area (Å²) in [6.07, 6.45) is 7.52. The maximum Gasteiger partial charge on any atom is 0.222 e. The molecule has 0 radical (unpaired) electrons. The first kappa shape index (κ1) is 23.0. The van der Waals surface area contributed by atoms with Crippen LogP contribution in [0.1, 0.15) is 49.7 Å². The van der Waals surface area contributed by atoms with Crippen molar-refractivity contribution in [3.63, 3.8) is 0 Å². The first-order valence-electron chi connectivity index (χ1n) is 11.2. The second-order valence-electron chi connectivity index (χ2n) is 8.26. The van der Waals surface area contributed by atoms with Gasteiger partial charge in [0.2, 0.25) is 5.91 Å². The van der Waals surface area contributed by atoms with E-state index in [0.717, 1.165) is 29.7 Å². The lowest BCUT2D eigenvalue weighted by Gasteiger charge is -2.25. The number of rotatable bonds is 11. The van der Waals surface area contributed by atoms with Crippen LogP contribution in [-0.4, -0.2) is 38.7 Å². The van der Waals surface area contributed by atoms with E-state index in [4.69, 9.17) is 14.2 Å². The van der Waals surface area contributed by atoms with E-state index in [0.29, 0.717) is 36.9 Å². The average Bonchev–Trinajstić information content (AvgIpc) is 3.33. The first-order chi connectivity index (χ1) is 15.1. The molecule has 0 bridgehead atoms. The van der Waals surface area contributed by atoms with Crippen LogP contribution in [0, 0.1) is 5.92 Å². The molecule has 2 aromatic carbocycles. The highest BCUT2D eigenvalue weighted by molar-refractivity contribution is 5.76. The number of ether oxygens (including phenoxy) is 3. The minimum absolute atomic E-state index is 0.221. The molecule has 0 aromatic heterocycles. The molecule has 1 aliphatic carbocycles. The summed E-state index contributed by atoms with van der Waals surface area (Å²) < 4.78 is 16.3. The predicted molar refractivity (Wildman–Crippen MR) is 123 cm³/mol. The molecule has 5 heteroatoms. The first-order valence-corrected chi connectivity index (χ1v) is 11.2. The molecule has 0 aliphatic heterocycles. The Balaban J connectivity index is 1.70. The molecule has 1 fully saturated rings. The summed E-state index contributed by atoms with van der Waals surface area (Å²) in [7, 11) is 4.95. The van der Waals surface area contributed by atoms with Crippen molar-refractivity contribution in [2.75, 3.05) is 27.9 Å². The molecule has 168 valence electrons. The number of nitrogens with zero attached hydrogens (tertiary/aromatic N) is 1. The Bertz CT molecular complexity index is 845. The summed E-state index contributed by atoms with van der Waals surface area (Å²) >= 11 is 0. The Morgan fingerprint density at radius 3 is 2.35 bits per heavy atom. The second kappa shape index (κ2) is 11.6. The molecule has 1 aliphatic rings. The van der Waals surface area contributed by atoms with Crippen LogP contribution in [-0.2, 0) is 17.8 Å². The standard InChI is InChI=1S/C26H35NO4/c1-29-23-11-7-6-10-22(23)19-27(26(28)15-13-20-8-4-5-9-20)17-16-21-12-14-24(30-2)25(18-21)31-3/h6-7,10-12,14,18,20H,4-5,8-9,13,15-17,19H2,1-3H3. The Kier molecular flexibility index (Phi) is 8.63. The third-order valence-corrected chi connectivity index (χ3v) is 6.27. The summed E-state index contributed by atoms with van der Waals surface area (Å²) in [6.45, 7) is 1.21. The van der Waals surface area contributed by atoms with Crippen LogP contribution in [0.2, 0.25) is 0 Å². The van der Waals surface area contributed by atoms with Crippen LogP contribution in [0.25, 0.3) is 0 Å². The molecule has 1 saturated carbocycles. The number of carbonyl (C=O) groups excluding carboxylic acids is 1. The highest BCUT2D eigenvalue weighted by atomic mass is 16.5. The van der Waals surface area contributed by atoms with E-state index in [1.165, 1.54) is 25.7 Å². The molecular formula is C26H35NO4. The summed E-state index contributed by atoms with van der Waals surface area (Å²) in [5, 5.41) is 0. The molecule has 1 amide bonds. The number of hydrogen-bond donors (Lipinski definition) is 0. The van der Waals surface area contributed by atoms with Crippen molar-refractivity contribution in [3.05, 3.63) is 53.6 Å². The van der Waals surface area contributed by atoms with Gasteiger partial charge in [0.05, 0.1) is 21.3 Å². The van der Waals surface area contributed by atoms with Crippen molar-refractivity contribution < 1.29 is 19.0 Å². The predicted octanol–water partition coefficient (Wildman–Crippen LogP) is 5.25. The van der Waals surface area contributed by atoms with Crippen LogP contribution in [0.3, 0.4) is 0 Å². The van der Waals surface area contributed by atoms with E-state index < -0.39 is 0 Å². The molecular weight excluding hydrogens is 390 g/mol. The molecule has 5 nitrogen and oxygen atoms in total. The van der Waals surface area contributed by atoms with E-state index in [9.17, 15) is 4.79 Å². The summed E-state index contributed by atoms with van der Waals surface area (Å²) in [5.74, 6) is 3.18. The van der Waals surface area contributed by atoms with Gasteiger partial charge in [-0.05, 0) is 42.5 Å². The summed E-state index contributed by atoms with van der Waals surface area (Å²) in [5.41, 5.74) is 2.15. The van der Waals surface area contributed by atoms with Gasteiger partial charge >= 0.3 is 0 Å². The van der Waals surface area contributed by atoms with Crippen LogP contribution in [0.4, 0.5) is 0 Å². The lowest BCUT2D eigenvalue weighted by atomic mass is 10.0. The van der Waals surface area contributed by atoms with Crippen LogP contribution in [0.15, 0.2) is 42.5 Å². The molecule has 0 spiro atoms. The van der Waals surface area contributed by atoms with Gasteiger partial charge in [0.1, 0.15) is 5.75 Å². The minimum Gasteiger partial charge on any atom is -0.496 e.